The van der Waals surface area contributed by atoms with Crippen molar-refractivity contribution in [1.29, 1.82) is 0 Å². The van der Waals surface area contributed by atoms with E-state index in [1.54, 1.807) is 53.3 Å². The van der Waals surface area contributed by atoms with Crippen molar-refractivity contribution in [3.63, 3.8) is 0 Å². The number of hydrogen-bond donors (Lipinski definition) is 2. The van der Waals surface area contributed by atoms with Crippen LogP contribution in [0.2, 0.25) is 10.0 Å². The lowest BCUT2D eigenvalue weighted by Crippen LogP contribution is -2.43. The largest absolute Gasteiger partial charge is 0.325 e. The van der Waals surface area contributed by atoms with Gasteiger partial charge in [-0.1, -0.05) is 23.2 Å². The van der Waals surface area contributed by atoms with Gasteiger partial charge in [-0.3, -0.25) is 9.59 Å². The molecule has 3 aromatic rings. The Hall–Kier alpha value is -2.83. The fourth-order valence-corrected chi connectivity index (χ4v) is 4.14. The van der Waals surface area contributed by atoms with E-state index in [9.17, 15) is 9.59 Å². The predicted octanol–water partition coefficient (Wildman–Crippen LogP) is 3.76. The molecule has 1 spiro atoms. The zero-order chi connectivity index (χ0) is 18.8. The molecule has 1 atom stereocenters. The zero-order valence-electron chi connectivity index (χ0n) is 13.8. The molecule has 0 saturated heterocycles. The fourth-order valence-electron chi connectivity index (χ4n) is 3.84. The van der Waals surface area contributed by atoms with Crippen molar-refractivity contribution in [1.82, 2.24) is 9.78 Å². The number of hydrogen-bond acceptors (Lipinski definition) is 3. The van der Waals surface area contributed by atoms with Gasteiger partial charge in [0.2, 0.25) is 11.8 Å². The van der Waals surface area contributed by atoms with Crippen molar-refractivity contribution in [2.24, 2.45) is 0 Å². The molecular weight excluding hydrogens is 387 g/mol. The third-order valence-corrected chi connectivity index (χ3v) is 5.55. The van der Waals surface area contributed by atoms with E-state index in [-0.39, 0.29) is 18.2 Å². The minimum Gasteiger partial charge on any atom is -0.325 e. The molecule has 0 saturated carbocycles. The second kappa shape index (κ2) is 5.58. The summed E-state index contributed by atoms with van der Waals surface area (Å²) in [6, 6.07) is 12.3. The van der Waals surface area contributed by atoms with Crippen LogP contribution in [0.25, 0.3) is 5.69 Å². The number of halogens is 2. The Balaban J connectivity index is 1.76. The quantitative estimate of drug-likeness (QED) is 0.654. The summed E-state index contributed by atoms with van der Waals surface area (Å²) < 4.78 is 1.60. The van der Waals surface area contributed by atoms with E-state index in [2.05, 4.69) is 15.7 Å². The number of fused-ring (bicyclic) bond motifs is 4. The molecule has 5 rings (SSSR count). The topological polar surface area (TPSA) is 76.0 Å². The molecule has 6 nitrogen and oxygen atoms in total. The standard InChI is InChI=1S/C19H12Cl2N4O2/c20-10-1-4-12(5-2-10)25-17-14(9-22-25)19(8-16(26)24-17)13-7-11(21)3-6-15(13)23-18(19)27/h1-7,9H,8H2,(H,23,27)(H,24,26)/t19-/m0/s1. The molecule has 0 aliphatic carbocycles. The van der Waals surface area contributed by atoms with Crippen molar-refractivity contribution >= 4 is 46.5 Å². The van der Waals surface area contributed by atoms with Crippen LogP contribution in [-0.4, -0.2) is 21.6 Å². The fraction of sp³-hybridized carbons (Fsp3) is 0.105. The Bertz CT molecular complexity index is 1120. The first kappa shape index (κ1) is 16.4. The van der Waals surface area contributed by atoms with Gasteiger partial charge in [-0.15, -0.1) is 0 Å². The SMILES string of the molecule is O=C1C[C@@]2(C(=O)Nc3ccc(Cl)cc32)c2cnn(-c3ccc(Cl)cc3)c2N1. The number of carbonyl (C=O) groups is 2. The Labute approximate surface area is 164 Å². The molecule has 1 aromatic heterocycles. The number of benzene rings is 2. The molecular formula is C19H12Cl2N4O2. The van der Waals surface area contributed by atoms with Crippen LogP contribution in [-0.2, 0) is 15.0 Å². The van der Waals surface area contributed by atoms with E-state index in [4.69, 9.17) is 23.2 Å². The first-order chi connectivity index (χ1) is 13.0. The highest BCUT2D eigenvalue weighted by Gasteiger charge is 2.54. The average Bonchev–Trinajstić information content (AvgIpc) is 3.17. The van der Waals surface area contributed by atoms with Crippen LogP contribution in [0.3, 0.4) is 0 Å². The second-order valence-corrected chi connectivity index (χ2v) is 7.44. The number of anilines is 2. The second-order valence-electron chi connectivity index (χ2n) is 6.57. The van der Waals surface area contributed by atoms with Gasteiger partial charge in [-0.05, 0) is 48.0 Å². The molecule has 0 radical (unpaired) electrons. The van der Waals surface area contributed by atoms with E-state index in [1.165, 1.54) is 0 Å². The molecule has 8 heteroatoms. The number of aromatic nitrogens is 2. The molecule has 2 aliphatic heterocycles. The lowest BCUT2D eigenvalue weighted by atomic mass is 9.72. The van der Waals surface area contributed by atoms with Crippen molar-refractivity contribution < 1.29 is 9.59 Å². The Morgan fingerprint density at radius 3 is 2.48 bits per heavy atom. The molecule has 0 bridgehead atoms. The van der Waals surface area contributed by atoms with E-state index < -0.39 is 5.41 Å². The van der Waals surface area contributed by atoms with Gasteiger partial charge >= 0.3 is 0 Å². The molecule has 0 fully saturated rings. The lowest BCUT2D eigenvalue weighted by Gasteiger charge is -2.31. The third kappa shape index (κ3) is 2.23. The maximum Gasteiger partial charge on any atom is 0.240 e. The van der Waals surface area contributed by atoms with Gasteiger partial charge in [-0.2, -0.15) is 5.10 Å². The van der Waals surface area contributed by atoms with Crippen LogP contribution in [0.4, 0.5) is 11.5 Å². The molecule has 0 unspecified atom stereocenters. The van der Waals surface area contributed by atoms with Gasteiger partial charge < -0.3 is 10.6 Å². The van der Waals surface area contributed by atoms with Gasteiger partial charge in [0, 0.05) is 27.7 Å². The Morgan fingerprint density at radius 2 is 1.70 bits per heavy atom. The highest BCUT2D eigenvalue weighted by Crippen LogP contribution is 2.50. The molecule has 134 valence electrons. The smallest absolute Gasteiger partial charge is 0.240 e. The number of carbonyl (C=O) groups excluding carboxylic acids is 2. The van der Waals surface area contributed by atoms with Crippen molar-refractivity contribution in [3.05, 3.63) is 69.8 Å². The molecule has 2 aromatic carbocycles. The zero-order valence-corrected chi connectivity index (χ0v) is 15.3. The molecule has 2 N–H and O–H groups in total. The van der Waals surface area contributed by atoms with E-state index >= 15 is 0 Å². The van der Waals surface area contributed by atoms with Crippen LogP contribution in [0, 0.1) is 0 Å². The van der Waals surface area contributed by atoms with Crippen LogP contribution in [0.5, 0.6) is 0 Å². The summed E-state index contributed by atoms with van der Waals surface area (Å²) in [4.78, 5) is 25.6. The molecule has 2 aliphatic rings. The monoisotopic (exact) mass is 398 g/mol. The summed E-state index contributed by atoms with van der Waals surface area (Å²) in [6.45, 7) is 0. The first-order valence-electron chi connectivity index (χ1n) is 8.25. The molecule has 3 heterocycles. The van der Waals surface area contributed by atoms with Crippen LogP contribution in [0.15, 0.2) is 48.7 Å². The molecule has 27 heavy (non-hydrogen) atoms. The summed E-state index contributed by atoms with van der Waals surface area (Å²) >= 11 is 12.1. The maximum absolute atomic E-state index is 13.0. The van der Waals surface area contributed by atoms with Crippen molar-refractivity contribution in [2.45, 2.75) is 11.8 Å². The summed E-state index contributed by atoms with van der Waals surface area (Å²) in [5.41, 5.74) is 1.55. The summed E-state index contributed by atoms with van der Waals surface area (Å²) in [7, 11) is 0. The van der Waals surface area contributed by atoms with Crippen LogP contribution in [0.1, 0.15) is 17.5 Å². The van der Waals surface area contributed by atoms with Gasteiger partial charge in [0.15, 0.2) is 0 Å². The highest BCUT2D eigenvalue weighted by molar-refractivity contribution is 6.31. The van der Waals surface area contributed by atoms with Gasteiger partial charge in [0.05, 0.1) is 11.9 Å². The summed E-state index contributed by atoms with van der Waals surface area (Å²) in [5, 5.41) is 11.3. The lowest BCUT2D eigenvalue weighted by molar-refractivity contribution is -0.125. The minimum absolute atomic E-state index is 0.00845. The Kier molecular flexibility index (Phi) is 3.38. The van der Waals surface area contributed by atoms with Crippen molar-refractivity contribution in [2.75, 3.05) is 10.6 Å². The normalized spacial score (nSPS) is 20.2. The van der Waals surface area contributed by atoms with Crippen LogP contribution >= 0.6 is 23.2 Å². The van der Waals surface area contributed by atoms with E-state index in [1.807, 2.05) is 0 Å². The number of rotatable bonds is 1. The third-order valence-electron chi connectivity index (χ3n) is 5.06. The predicted molar refractivity (Wildman–Crippen MR) is 103 cm³/mol. The van der Waals surface area contributed by atoms with E-state index in [0.29, 0.717) is 32.7 Å². The van der Waals surface area contributed by atoms with Gasteiger partial charge in [-0.25, -0.2) is 4.68 Å². The highest BCUT2D eigenvalue weighted by atomic mass is 35.5. The number of nitrogens with zero attached hydrogens (tertiary/aromatic N) is 2. The maximum atomic E-state index is 13.0. The molecule has 2 amide bonds. The van der Waals surface area contributed by atoms with Gasteiger partial charge in [0.25, 0.3) is 0 Å². The number of amides is 2. The van der Waals surface area contributed by atoms with E-state index in [0.717, 1.165) is 5.69 Å². The number of nitrogens with one attached hydrogen (secondary N) is 2. The first-order valence-corrected chi connectivity index (χ1v) is 9.00. The average molecular weight is 399 g/mol. The van der Waals surface area contributed by atoms with Gasteiger partial charge in [0.1, 0.15) is 11.2 Å². The summed E-state index contributed by atoms with van der Waals surface area (Å²) in [5.74, 6) is -0.0516. The van der Waals surface area contributed by atoms with Crippen molar-refractivity contribution in [3.8, 4) is 5.69 Å². The minimum atomic E-state index is -1.15. The Morgan fingerprint density at radius 1 is 0.963 bits per heavy atom. The summed E-state index contributed by atoms with van der Waals surface area (Å²) in [6.07, 6.45) is 1.62. The van der Waals surface area contributed by atoms with Crippen LogP contribution < -0.4 is 10.6 Å².